The summed E-state index contributed by atoms with van der Waals surface area (Å²) in [6.07, 6.45) is 82.5. The minimum atomic E-state index is -4.72. The monoisotopic (exact) mass is 1110 g/mol. The summed E-state index contributed by atoms with van der Waals surface area (Å²) in [5, 5.41) is 2.99. The molecule has 0 aromatic heterocycles. The van der Waals surface area contributed by atoms with Crippen molar-refractivity contribution in [3.05, 3.63) is 146 Å². The summed E-state index contributed by atoms with van der Waals surface area (Å²) in [6, 6.07) is -0.925. The Kier molecular flexibility index (Phi) is 54.2. The topological polar surface area (TPSA) is 114 Å². The Morgan fingerprint density at radius 2 is 0.873 bits per heavy atom. The first-order valence-corrected chi connectivity index (χ1v) is 32.7. The van der Waals surface area contributed by atoms with Crippen LogP contribution < -0.4 is 10.2 Å². The Labute approximate surface area is 485 Å². The number of esters is 1. The van der Waals surface area contributed by atoms with Crippen LogP contribution in [0.25, 0.3) is 0 Å². The van der Waals surface area contributed by atoms with Crippen molar-refractivity contribution in [2.24, 2.45) is 0 Å². The molecule has 0 aromatic rings. The Bertz CT molecular complexity index is 1860. The molecule has 0 saturated heterocycles. The molecule has 79 heavy (non-hydrogen) atoms. The van der Waals surface area contributed by atoms with Crippen LogP contribution in [0.3, 0.4) is 0 Å². The minimum Gasteiger partial charge on any atom is -0.756 e. The van der Waals surface area contributed by atoms with Gasteiger partial charge in [-0.05, 0) is 96.0 Å². The van der Waals surface area contributed by atoms with Crippen LogP contribution in [-0.2, 0) is 27.9 Å². The molecule has 3 atom stereocenters. The molecule has 448 valence electrons. The van der Waals surface area contributed by atoms with Crippen LogP contribution in [0.5, 0.6) is 0 Å². The number of phosphoric ester groups is 1. The van der Waals surface area contributed by atoms with Gasteiger partial charge < -0.3 is 28.5 Å². The molecule has 0 aliphatic heterocycles. The number of unbranched alkanes of at least 4 members (excludes halogenated alkanes) is 21. The van der Waals surface area contributed by atoms with Crippen molar-refractivity contribution in [2.75, 3.05) is 40.9 Å². The van der Waals surface area contributed by atoms with Crippen molar-refractivity contribution < 1.29 is 37.3 Å². The van der Waals surface area contributed by atoms with Crippen molar-refractivity contribution in [3.8, 4) is 0 Å². The van der Waals surface area contributed by atoms with Gasteiger partial charge in [-0.3, -0.25) is 14.2 Å². The Morgan fingerprint density at radius 1 is 0.468 bits per heavy atom. The molecular formula is C69H115N2O7P. The zero-order valence-electron chi connectivity index (χ0n) is 51.0. The van der Waals surface area contributed by atoms with Crippen LogP contribution in [-0.4, -0.2) is 69.4 Å². The number of ether oxygens (including phenoxy) is 1. The summed E-state index contributed by atoms with van der Waals surface area (Å²) in [4.78, 5) is 40.0. The Balaban J connectivity index is 5.25. The molecule has 3 unspecified atom stereocenters. The van der Waals surface area contributed by atoms with Crippen molar-refractivity contribution in [1.82, 2.24) is 5.32 Å². The molecule has 0 aliphatic carbocycles. The van der Waals surface area contributed by atoms with Crippen LogP contribution in [0.4, 0.5) is 0 Å². The van der Waals surface area contributed by atoms with Gasteiger partial charge in [-0.15, -0.1) is 0 Å². The minimum absolute atomic E-state index is 0.0411. The van der Waals surface area contributed by atoms with E-state index >= 15 is 0 Å². The number of hydrogen-bond acceptors (Lipinski definition) is 7. The second kappa shape index (κ2) is 57.1. The van der Waals surface area contributed by atoms with E-state index in [4.69, 9.17) is 13.8 Å². The summed E-state index contributed by atoms with van der Waals surface area (Å²) in [5.74, 6) is -0.612. The largest absolute Gasteiger partial charge is 0.756 e. The van der Waals surface area contributed by atoms with Crippen molar-refractivity contribution >= 4 is 19.7 Å². The van der Waals surface area contributed by atoms with Gasteiger partial charge in [0.1, 0.15) is 19.3 Å². The number of nitrogens with zero attached hydrogens (tertiary/aromatic N) is 1. The number of hydrogen-bond donors (Lipinski definition) is 1. The molecule has 9 nitrogen and oxygen atoms in total. The lowest BCUT2D eigenvalue weighted by Crippen LogP contribution is -2.47. The summed E-state index contributed by atoms with van der Waals surface area (Å²) in [5.41, 5.74) is 0. The number of phosphoric acid groups is 1. The molecule has 1 N–H and O–H groups in total. The van der Waals surface area contributed by atoms with E-state index in [2.05, 4.69) is 99.0 Å². The Morgan fingerprint density at radius 3 is 1.38 bits per heavy atom. The van der Waals surface area contributed by atoms with E-state index in [0.29, 0.717) is 23.9 Å². The number of allylic oxidation sites excluding steroid dienone is 23. The smallest absolute Gasteiger partial charge is 0.306 e. The van der Waals surface area contributed by atoms with Gasteiger partial charge in [0.05, 0.1) is 33.8 Å². The van der Waals surface area contributed by atoms with Crippen LogP contribution in [0.2, 0.25) is 0 Å². The maximum absolute atomic E-state index is 13.5. The van der Waals surface area contributed by atoms with E-state index in [1.165, 1.54) is 77.0 Å². The second-order valence-electron chi connectivity index (χ2n) is 21.6. The molecule has 0 rings (SSSR count). The average molecular weight is 1120 g/mol. The van der Waals surface area contributed by atoms with Gasteiger partial charge in [0.15, 0.2) is 0 Å². The van der Waals surface area contributed by atoms with Crippen LogP contribution in [0, 0.1) is 0 Å². The summed E-state index contributed by atoms with van der Waals surface area (Å²) in [7, 11) is 1.12. The van der Waals surface area contributed by atoms with Crippen LogP contribution in [0.15, 0.2) is 146 Å². The maximum Gasteiger partial charge on any atom is 0.306 e. The van der Waals surface area contributed by atoms with Crippen molar-refractivity contribution in [1.29, 1.82) is 0 Å². The summed E-state index contributed by atoms with van der Waals surface area (Å²) >= 11 is 0. The predicted octanol–water partition coefficient (Wildman–Crippen LogP) is 18.8. The number of carbonyl (C=O) groups is 2. The van der Waals surface area contributed by atoms with E-state index < -0.39 is 26.6 Å². The number of carbonyl (C=O) groups excluding carboxylic acids is 2. The first kappa shape index (κ1) is 74.9. The molecule has 0 aliphatic rings. The lowest BCUT2D eigenvalue weighted by molar-refractivity contribution is -0.870. The molecular weight excluding hydrogens is 1000 g/mol. The number of rotatable bonds is 54. The molecule has 0 aromatic carbocycles. The standard InChI is InChI=1S/C69H115N2O7P/c1-7-10-13-16-19-22-25-27-29-31-32-33-34-35-36-37-38-40-42-44-47-50-53-56-59-62-69(73)78-67(60-57-54-51-48-45-24-21-18-15-12-9-3)66(65-77-79(74,75)76-64-63-71(4,5)6)70-68(72)61-58-55-52-49-46-43-41-39-30-28-26-23-20-17-14-11-8-2/h10-11,13-14,17,19-20,22-23,26-30,32-33,35-36,39,41,43,46,57,60,66-67H,7-9,12,15-16,18,21,24-25,31,34,37-38,40,42,44-45,47-56,58-59,61-65H2,1-6H3,(H-,70,72,74,75)/b13-10-,14-11-,20-17+,22-19-,26-23+,29-27-,30-28-,33-32-,36-35-,41-39+,46-43+,60-57-. The fourth-order valence-corrected chi connectivity index (χ4v) is 8.89. The first-order chi connectivity index (χ1) is 38.4. The molecule has 0 saturated carbocycles. The highest BCUT2D eigenvalue weighted by atomic mass is 31.2. The Hall–Kier alpha value is -4.11. The van der Waals surface area contributed by atoms with Gasteiger partial charge in [-0.2, -0.15) is 0 Å². The third-order valence-corrected chi connectivity index (χ3v) is 13.9. The molecule has 1 amide bonds. The number of nitrogens with one attached hydrogen (secondary N) is 1. The van der Waals surface area contributed by atoms with E-state index in [9.17, 15) is 19.0 Å². The highest BCUT2D eigenvalue weighted by Crippen LogP contribution is 2.38. The van der Waals surface area contributed by atoms with E-state index in [1.807, 2.05) is 94.1 Å². The van der Waals surface area contributed by atoms with E-state index in [1.54, 1.807) is 0 Å². The molecule has 0 bridgehead atoms. The first-order valence-electron chi connectivity index (χ1n) is 31.2. The highest BCUT2D eigenvalue weighted by Gasteiger charge is 2.27. The van der Waals surface area contributed by atoms with Crippen molar-refractivity contribution in [3.63, 3.8) is 0 Å². The van der Waals surface area contributed by atoms with Crippen LogP contribution in [0.1, 0.15) is 226 Å². The lowest BCUT2D eigenvalue weighted by Gasteiger charge is -2.30. The molecule has 0 spiro atoms. The quantitative estimate of drug-likeness (QED) is 0.0161. The van der Waals surface area contributed by atoms with Gasteiger partial charge in [0, 0.05) is 12.8 Å². The molecule has 0 heterocycles. The number of quaternary nitrogens is 1. The van der Waals surface area contributed by atoms with Crippen molar-refractivity contribution in [2.45, 2.75) is 238 Å². The maximum atomic E-state index is 13.5. The van der Waals surface area contributed by atoms with Gasteiger partial charge in [-0.1, -0.05) is 263 Å². The average Bonchev–Trinajstić information content (AvgIpc) is 3.41. The fourth-order valence-electron chi connectivity index (χ4n) is 8.17. The predicted molar refractivity (Wildman–Crippen MR) is 339 cm³/mol. The number of amides is 1. The second-order valence-corrected chi connectivity index (χ2v) is 23.0. The van der Waals surface area contributed by atoms with E-state index in [-0.39, 0.29) is 31.3 Å². The summed E-state index contributed by atoms with van der Waals surface area (Å²) < 4.78 is 30.3. The molecule has 0 fully saturated rings. The highest BCUT2D eigenvalue weighted by molar-refractivity contribution is 7.45. The lowest BCUT2D eigenvalue weighted by atomic mass is 10.1. The van der Waals surface area contributed by atoms with Gasteiger partial charge in [0.25, 0.3) is 7.82 Å². The zero-order chi connectivity index (χ0) is 57.9. The van der Waals surface area contributed by atoms with Gasteiger partial charge >= 0.3 is 5.97 Å². The third-order valence-electron chi connectivity index (χ3n) is 12.9. The summed E-state index contributed by atoms with van der Waals surface area (Å²) in [6.45, 7) is 6.51. The van der Waals surface area contributed by atoms with Gasteiger partial charge in [0.2, 0.25) is 5.91 Å². The normalized spacial score (nSPS) is 14.7. The van der Waals surface area contributed by atoms with Crippen LogP contribution >= 0.6 is 7.82 Å². The zero-order valence-corrected chi connectivity index (χ0v) is 51.9. The number of likely N-dealkylation sites (N-methyl/N-ethyl adjacent to an activating group) is 1. The SMILES string of the molecule is CC\C=C/C=C/C=C/C=C\C=C\C=C\CCCCCC(=O)NC(COP(=O)([O-])OCC[N+](C)(C)C)C(/C=C\CCCCCCCCCCC)OC(=O)CCCCCCCCCCC/C=C\C/C=C\C/C=C\C/C=C\C/C=C\CC. The van der Waals surface area contributed by atoms with Gasteiger partial charge in [-0.25, -0.2) is 0 Å². The molecule has 0 radical (unpaired) electrons. The fraction of sp³-hybridized carbons (Fsp3) is 0.623. The van der Waals surface area contributed by atoms with E-state index in [0.717, 1.165) is 103 Å². The molecule has 10 heteroatoms. The third kappa shape index (κ3) is 58.4.